The minimum absolute atomic E-state index is 0.0984. The standard InChI is InChI=1S/C9H13ClN4O/c1-5(6(2)11)8(15)13-7-3-4-12-9(10)14-7/h3-6H,11H2,1-2H3,(H,12,13,14,15). The Labute approximate surface area is 93.0 Å². The van der Waals surface area contributed by atoms with Gasteiger partial charge < -0.3 is 11.1 Å². The summed E-state index contributed by atoms with van der Waals surface area (Å²) in [5.74, 6) is -0.0778. The van der Waals surface area contributed by atoms with E-state index in [1.54, 1.807) is 19.9 Å². The van der Waals surface area contributed by atoms with Crippen LogP contribution in [0.5, 0.6) is 0 Å². The summed E-state index contributed by atoms with van der Waals surface area (Å²) in [7, 11) is 0. The normalized spacial score (nSPS) is 14.4. The molecule has 1 aromatic rings. The van der Waals surface area contributed by atoms with Gasteiger partial charge in [0.25, 0.3) is 0 Å². The first-order valence-electron chi connectivity index (χ1n) is 4.55. The van der Waals surface area contributed by atoms with Crippen LogP contribution in [0, 0.1) is 5.92 Å². The van der Waals surface area contributed by atoms with Crippen LogP contribution in [0.1, 0.15) is 13.8 Å². The topological polar surface area (TPSA) is 80.9 Å². The van der Waals surface area contributed by atoms with E-state index >= 15 is 0 Å². The fraction of sp³-hybridized carbons (Fsp3) is 0.444. The van der Waals surface area contributed by atoms with Gasteiger partial charge in [0.15, 0.2) is 0 Å². The number of nitrogens with two attached hydrogens (primary N) is 1. The summed E-state index contributed by atoms with van der Waals surface area (Å²) in [5, 5.41) is 2.71. The van der Waals surface area contributed by atoms with E-state index in [0.717, 1.165) is 0 Å². The van der Waals surface area contributed by atoms with Crippen molar-refractivity contribution in [1.82, 2.24) is 9.97 Å². The van der Waals surface area contributed by atoms with Crippen LogP contribution in [0.4, 0.5) is 5.82 Å². The van der Waals surface area contributed by atoms with Crippen molar-refractivity contribution in [3.63, 3.8) is 0 Å². The highest BCUT2D eigenvalue weighted by atomic mass is 35.5. The molecule has 1 rings (SSSR count). The molecule has 0 spiro atoms. The zero-order chi connectivity index (χ0) is 11.4. The third kappa shape index (κ3) is 3.45. The van der Waals surface area contributed by atoms with Gasteiger partial charge in [0.05, 0.1) is 5.92 Å². The number of rotatable bonds is 3. The number of amides is 1. The molecule has 0 aliphatic heterocycles. The van der Waals surface area contributed by atoms with E-state index in [1.807, 2.05) is 0 Å². The summed E-state index contributed by atoms with van der Waals surface area (Å²) in [6, 6.07) is 1.36. The zero-order valence-corrected chi connectivity index (χ0v) is 9.32. The number of halogens is 1. The van der Waals surface area contributed by atoms with Gasteiger partial charge in [-0.05, 0) is 24.6 Å². The summed E-state index contributed by atoms with van der Waals surface area (Å²) in [6.07, 6.45) is 1.47. The van der Waals surface area contributed by atoms with Crippen LogP contribution in [0.2, 0.25) is 5.28 Å². The van der Waals surface area contributed by atoms with Gasteiger partial charge in [-0.1, -0.05) is 6.92 Å². The van der Waals surface area contributed by atoms with Crippen LogP contribution in [-0.2, 0) is 4.79 Å². The molecule has 6 heteroatoms. The second-order valence-corrected chi connectivity index (χ2v) is 3.69. The highest BCUT2D eigenvalue weighted by molar-refractivity contribution is 6.28. The van der Waals surface area contributed by atoms with Crippen molar-refractivity contribution in [3.05, 3.63) is 17.5 Å². The Morgan fingerprint density at radius 3 is 2.80 bits per heavy atom. The highest BCUT2D eigenvalue weighted by Crippen LogP contribution is 2.08. The van der Waals surface area contributed by atoms with Crippen LogP contribution in [0.25, 0.3) is 0 Å². The van der Waals surface area contributed by atoms with Gasteiger partial charge in [-0.25, -0.2) is 9.97 Å². The molecule has 3 N–H and O–H groups in total. The van der Waals surface area contributed by atoms with E-state index in [9.17, 15) is 4.79 Å². The maximum atomic E-state index is 11.6. The predicted molar refractivity (Wildman–Crippen MR) is 58.5 cm³/mol. The lowest BCUT2D eigenvalue weighted by molar-refractivity contribution is -0.119. The summed E-state index contributed by atoms with van der Waals surface area (Å²) >= 11 is 5.57. The van der Waals surface area contributed by atoms with Gasteiger partial charge in [0, 0.05) is 12.2 Å². The molecule has 0 aliphatic carbocycles. The molecule has 0 bridgehead atoms. The monoisotopic (exact) mass is 228 g/mol. The summed E-state index contributed by atoms with van der Waals surface area (Å²) < 4.78 is 0. The van der Waals surface area contributed by atoms with E-state index in [0.29, 0.717) is 5.82 Å². The molecule has 5 nitrogen and oxygen atoms in total. The molecule has 2 atom stereocenters. The van der Waals surface area contributed by atoms with Gasteiger partial charge in [-0.3, -0.25) is 4.79 Å². The molecule has 0 aromatic carbocycles. The van der Waals surface area contributed by atoms with Crippen molar-refractivity contribution < 1.29 is 4.79 Å². The molecule has 0 fully saturated rings. The Hall–Kier alpha value is -1.20. The number of carbonyl (C=O) groups excluding carboxylic acids is 1. The molecule has 0 saturated heterocycles. The summed E-state index contributed by atoms with van der Waals surface area (Å²) in [5.41, 5.74) is 5.60. The van der Waals surface area contributed by atoms with Gasteiger partial charge in [0.2, 0.25) is 11.2 Å². The first-order valence-corrected chi connectivity index (χ1v) is 4.93. The van der Waals surface area contributed by atoms with E-state index in [2.05, 4.69) is 15.3 Å². The Balaban J connectivity index is 2.66. The lowest BCUT2D eigenvalue weighted by Crippen LogP contribution is -2.34. The molecule has 2 unspecified atom stereocenters. The number of nitrogens with one attached hydrogen (secondary N) is 1. The molecule has 0 saturated carbocycles. The van der Waals surface area contributed by atoms with E-state index < -0.39 is 0 Å². The number of anilines is 1. The second kappa shape index (κ2) is 5.04. The number of nitrogens with zero attached hydrogens (tertiary/aromatic N) is 2. The van der Waals surface area contributed by atoms with Crippen molar-refractivity contribution in [1.29, 1.82) is 0 Å². The number of carbonyl (C=O) groups is 1. The van der Waals surface area contributed by atoms with Crippen LogP contribution in [0.15, 0.2) is 12.3 Å². The van der Waals surface area contributed by atoms with Crippen LogP contribution >= 0.6 is 11.6 Å². The van der Waals surface area contributed by atoms with Gasteiger partial charge in [-0.15, -0.1) is 0 Å². The first kappa shape index (κ1) is 11.9. The smallest absolute Gasteiger partial charge is 0.229 e. The molecule has 82 valence electrons. The molecule has 0 radical (unpaired) electrons. The average Bonchev–Trinajstić information content (AvgIpc) is 2.16. The molecular formula is C9H13ClN4O. The lowest BCUT2D eigenvalue weighted by atomic mass is 10.0. The van der Waals surface area contributed by atoms with Gasteiger partial charge in [0.1, 0.15) is 5.82 Å². The number of hydrogen-bond acceptors (Lipinski definition) is 4. The SMILES string of the molecule is CC(N)C(C)C(=O)Nc1ccnc(Cl)n1. The molecule has 1 amide bonds. The fourth-order valence-electron chi connectivity index (χ4n) is 0.883. The minimum Gasteiger partial charge on any atom is -0.327 e. The van der Waals surface area contributed by atoms with Crippen LogP contribution in [-0.4, -0.2) is 21.9 Å². The van der Waals surface area contributed by atoms with E-state index in [-0.39, 0.29) is 23.2 Å². The molecule has 1 heterocycles. The third-order valence-electron chi connectivity index (χ3n) is 2.08. The first-order chi connectivity index (χ1) is 7.00. The highest BCUT2D eigenvalue weighted by Gasteiger charge is 2.17. The fourth-order valence-corrected chi connectivity index (χ4v) is 1.03. The molecule has 15 heavy (non-hydrogen) atoms. The quantitative estimate of drug-likeness (QED) is 0.758. The van der Waals surface area contributed by atoms with Crippen molar-refractivity contribution >= 4 is 23.3 Å². The maximum Gasteiger partial charge on any atom is 0.229 e. The second-order valence-electron chi connectivity index (χ2n) is 3.35. The van der Waals surface area contributed by atoms with Gasteiger partial charge in [-0.2, -0.15) is 0 Å². The predicted octanol–water partition coefficient (Wildman–Crippen LogP) is 1.05. The number of hydrogen-bond donors (Lipinski definition) is 2. The van der Waals surface area contributed by atoms with Crippen LogP contribution < -0.4 is 11.1 Å². The zero-order valence-electron chi connectivity index (χ0n) is 8.57. The van der Waals surface area contributed by atoms with Gasteiger partial charge >= 0.3 is 0 Å². The van der Waals surface area contributed by atoms with E-state index in [1.165, 1.54) is 6.20 Å². The maximum absolute atomic E-state index is 11.6. The molecular weight excluding hydrogens is 216 g/mol. The largest absolute Gasteiger partial charge is 0.327 e. The van der Waals surface area contributed by atoms with Crippen molar-refractivity contribution in [2.24, 2.45) is 11.7 Å². The van der Waals surface area contributed by atoms with Crippen molar-refractivity contribution in [2.75, 3.05) is 5.32 Å². The van der Waals surface area contributed by atoms with Crippen molar-refractivity contribution in [2.45, 2.75) is 19.9 Å². The Morgan fingerprint density at radius 2 is 2.27 bits per heavy atom. The van der Waals surface area contributed by atoms with Crippen LogP contribution in [0.3, 0.4) is 0 Å². The Kier molecular flexibility index (Phi) is 3.99. The number of aromatic nitrogens is 2. The summed E-state index contributed by atoms with van der Waals surface area (Å²) in [6.45, 7) is 3.53. The Bertz CT molecular complexity index is 356. The minimum atomic E-state index is -0.279. The van der Waals surface area contributed by atoms with E-state index in [4.69, 9.17) is 17.3 Å². The average molecular weight is 229 g/mol. The summed E-state index contributed by atoms with van der Waals surface area (Å²) in [4.78, 5) is 19.1. The molecule has 0 aliphatic rings. The Morgan fingerprint density at radius 1 is 1.60 bits per heavy atom. The van der Waals surface area contributed by atoms with Crippen molar-refractivity contribution in [3.8, 4) is 0 Å². The third-order valence-corrected chi connectivity index (χ3v) is 2.26. The molecule has 1 aromatic heterocycles. The lowest BCUT2D eigenvalue weighted by Gasteiger charge is -2.14.